The number of fused-ring (bicyclic) bond motifs is 2. The predicted molar refractivity (Wildman–Crippen MR) is 123 cm³/mol. The lowest BCUT2D eigenvalue weighted by Crippen LogP contribution is -2.11. The fourth-order valence-electron chi connectivity index (χ4n) is 3.71. The van der Waals surface area contributed by atoms with E-state index in [1.54, 1.807) is 7.11 Å². The first-order valence-corrected chi connectivity index (χ1v) is 11.4. The lowest BCUT2D eigenvalue weighted by Gasteiger charge is -2.14. The zero-order valence-electron chi connectivity index (χ0n) is 16.4. The van der Waals surface area contributed by atoms with E-state index in [-0.39, 0.29) is 5.91 Å². The molecule has 1 aromatic carbocycles. The summed E-state index contributed by atoms with van der Waals surface area (Å²) in [6.07, 6.45) is 4.37. The van der Waals surface area contributed by atoms with Crippen LogP contribution in [0.2, 0.25) is 0 Å². The zero-order chi connectivity index (χ0) is 20.7. The molecule has 1 aliphatic rings. The molecule has 3 heterocycles. The smallest absolute Gasteiger partial charge is 0.269 e. The van der Waals surface area contributed by atoms with Gasteiger partial charge in [-0.05, 0) is 61.6 Å². The molecule has 0 unspecified atom stereocenters. The highest BCUT2D eigenvalue weighted by atomic mass is 32.1. The lowest BCUT2D eigenvalue weighted by atomic mass is 9.95. The number of nitrogens with two attached hydrogens (primary N) is 1. The van der Waals surface area contributed by atoms with Crippen LogP contribution in [0.25, 0.3) is 21.5 Å². The monoisotopic (exact) mass is 436 g/mol. The molecule has 0 saturated carbocycles. The highest BCUT2D eigenvalue weighted by molar-refractivity contribution is 7.21. The fourth-order valence-corrected chi connectivity index (χ4v) is 5.41. The maximum Gasteiger partial charge on any atom is 0.269 e. The van der Waals surface area contributed by atoms with Gasteiger partial charge in [-0.15, -0.1) is 22.7 Å². The number of methoxy groups -OCH3 is 1. The normalized spacial score (nSPS) is 13.2. The number of hydrogen-bond acceptors (Lipinski definition) is 7. The van der Waals surface area contributed by atoms with Gasteiger partial charge in [0, 0.05) is 22.0 Å². The van der Waals surface area contributed by atoms with Gasteiger partial charge in [0.1, 0.15) is 15.5 Å². The Bertz CT molecular complexity index is 1240. The van der Waals surface area contributed by atoms with Gasteiger partial charge in [-0.2, -0.15) is 0 Å². The van der Waals surface area contributed by atoms with Crippen LogP contribution in [0.4, 0.5) is 10.8 Å². The van der Waals surface area contributed by atoms with Crippen molar-refractivity contribution >= 4 is 49.6 Å². The molecule has 0 saturated heterocycles. The summed E-state index contributed by atoms with van der Waals surface area (Å²) in [5.41, 5.74) is 11.0. The van der Waals surface area contributed by atoms with E-state index in [0.717, 1.165) is 45.8 Å². The molecule has 3 N–H and O–H groups in total. The summed E-state index contributed by atoms with van der Waals surface area (Å²) in [6.45, 7) is 0. The molecule has 5 rings (SSSR count). The highest BCUT2D eigenvalue weighted by Crippen LogP contribution is 2.36. The van der Waals surface area contributed by atoms with Crippen molar-refractivity contribution in [2.45, 2.75) is 25.7 Å². The van der Waals surface area contributed by atoms with E-state index in [0.29, 0.717) is 15.7 Å². The van der Waals surface area contributed by atoms with Crippen molar-refractivity contribution in [2.75, 3.05) is 18.2 Å². The van der Waals surface area contributed by atoms with Crippen LogP contribution in [-0.2, 0) is 12.8 Å². The number of nitrogens with zero attached hydrogens (tertiary/aromatic N) is 2. The molecule has 30 heavy (non-hydrogen) atoms. The van der Waals surface area contributed by atoms with Gasteiger partial charge in [-0.3, -0.25) is 10.1 Å². The van der Waals surface area contributed by atoms with Gasteiger partial charge in [0.15, 0.2) is 5.13 Å². The highest BCUT2D eigenvalue weighted by Gasteiger charge is 2.21. The van der Waals surface area contributed by atoms with Gasteiger partial charge < -0.3 is 10.5 Å². The van der Waals surface area contributed by atoms with Gasteiger partial charge in [-0.25, -0.2) is 9.97 Å². The van der Waals surface area contributed by atoms with Crippen LogP contribution in [0.5, 0.6) is 5.75 Å². The van der Waals surface area contributed by atoms with Crippen LogP contribution in [0.15, 0.2) is 35.7 Å². The number of carbonyl (C=O) groups excluding carboxylic acids is 1. The molecule has 0 aliphatic heterocycles. The minimum atomic E-state index is -0.246. The number of aryl methyl sites for hydroxylation is 2. The van der Waals surface area contributed by atoms with Gasteiger partial charge in [0.2, 0.25) is 0 Å². The van der Waals surface area contributed by atoms with Crippen molar-refractivity contribution in [1.29, 1.82) is 0 Å². The zero-order valence-corrected chi connectivity index (χ0v) is 18.0. The summed E-state index contributed by atoms with van der Waals surface area (Å²) in [5.74, 6) is 0.544. The van der Waals surface area contributed by atoms with Crippen LogP contribution in [0, 0.1) is 0 Å². The summed E-state index contributed by atoms with van der Waals surface area (Å²) in [4.78, 5) is 23.5. The molecule has 0 atom stereocenters. The van der Waals surface area contributed by atoms with Crippen LogP contribution in [0.3, 0.4) is 0 Å². The molecule has 1 amide bonds. The topological polar surface area (TPSA) is 90.1 Å². The summed E-state index contributed by atoms with van der Waals surface area (Å²) >= 11 is 2.73. The Morgan fingerprint density at radius 3 is 2.77 bits per heavy atom. The Balaban J connectivity index is 1.39. The standard InChI is InChI=1S/C22H20N4O2S2/c1-28-14-8-6-12(7-9-14)17-11-29-22(25-17)26-20(27)19-18(23)15-10-13-4-2-3-5-16(13)24-21(15)30-19/h6-11H,2-5,23H2,1H3,(H,25,26,27). The fraction of sp³-hybridized carbons (Fsp3) is 0.227. The molecule has 0 spiro atoms. The molecular weight excluding hydrogens is 416 g/mol. The first-order valence-electron chi connectivity index (χ1n) is 9.74. The number of pyridine rings is 1. The van der Waals surface area contributed by atoms with Crippen molar-refractivity contribution in [2.24, 2.45) is 0 Å². The van der Waals surface area contributed by atoms with E-state index in [9.17, 15) is 4.79 Å². The number of thiophene rings is 1. The molecule has 0 fully saturated rings. The average molecular weight is 437 g/mol. The van der Waals surface area contributed by atoms with Gasteiger partial charge >= 0.3 is 0 Å². The largest absolute Gasteiger partial charge is 0.497 e. The van der Waals surface area contributed by atoms with Gasteiger partial charge in [-0.1, -0.05) is 0 Å². The third-order valence-electron chi connectivity index (χ3n) is 5.32. The SMILES string of the molecule is COc1ccc(-c2csc(NC(=O)c3sc4nc5c(cc4c3N)CCCC5)n2)cc1. The minimum Gasteiger partial charge on any atom is -0.497 e. The van der Waals surface area contributed by atoms with Crippen molar-refractivity contribution in [3.8, 4) is 17.0 Å². The van der Waals surface area contributed by atoms with Gasteiger partial charge in [0.05, 0.1) is 18.5 Å². The van der Waals surface area contributed by atoms with E-state index in [1.807, 2.05) is 29.6 Å². The van der Waals surface area contributed by atoms with Gasteiger partial charge in [0.25, 0.3) is 5.91 Å². The van der Waals surface area contributed by atoms with Crippen molar-refractivity contribution in [1.82, 2.24) is 9.97 Å². The second kappa shape index (κ2) is 7.70. The summed E-state index contributed by atoms with van der Waals surface area (Å²) in [5, 5.41) is 6.22. The van der Waals surface area contributed by atoms with Crippen molar-refractivity contribution < 1.29 is 9.53 Å². The van der Waals surface area contributed by atoms with E-state index in [1.165, 1.54) is 41.1 Å². The summed E-state index contributed by atoms with van der Waals surface area (Å²) in [6, 6.07) is 9.77. The van der Waals surface area contributed by atoms with E-state index in [4.69, 9.17) is 15.5 Å². The van der Waals surface area contributed by atoms with Crippen LogP contribution in [0.1, 0.15) is 33.8 Å². The Labute approximate surface area is 181 Å². The number of ether oxygens (including phenoxy) is 1. The third-order valence-corrected chi connectivity index (χ3v) is 7.19. The molecule has 0 bridgehead atoms. The van der Waals surface area contributed by atoms with E-state index >= 15 is 0 Å². The molecule has 0 radical (unpaired) electrons. The number of rotatable bonds is 4. The second-order valence-electron chi connectivity index (χ2n) is 7.22. The van der Waals surface area contributed by atoms with Crippen LogP contribution in [-0.4, -0.2) is 23.0 Å². The second-order valence-corrected chi connectivity index (χ2v) is 9.08. The Hall–Kier alpha value is -2.97. The van der Waals surface area contributed by atoms with E-state index in [2.05, 4.69) is 16.4 Å². The molecule has 4 aromatic rings. The number of amides is 1. The average Bonchev–Trinajstić information content (AvgIpc) is 3.37. The lowest BCUT2D eigenvalue weighted by molar-refractivity contribution is 0.103. The minimum absolute atomic E-state index is 0.246. The quantitative estimate of drug-likeness (QED) is 0.462. The van der Waals surface area contributed by atoms with Crippen LogP contribution < -0.4 is 15.8 Å². The molecular formula is C22H20N4O2S2. The van der Waals surface area contributed by atoms with Crippen LogP contribution >= 0.6 is 22.7 Å². The molecule has 8 heteroatoms. The molecule has 152 valence electrons. The number of benzene rings is 1. The number of thiazole rings is 1. The first-order chi connectivity index (χ1) is 14.6. The number of hydrogen-bond donors (Lipinski definition) is 2. The molecule has 1 aliphatic carbocycles. The van der Waals surface area contributed by atoms with Crippen molar-refractivity contribution in [3.05, 3.63) is 51.8 Å². The molecule has 6 nitrogen and oxygen atoms in total. The number of anilines is 2. The Kier molecular flexibility index (Phi) is 4.88. The Morgan fingerprint density at radius 2 is 1.97 bits per heavy atom. The Morgan fingerprint density at radius 1 is 1.17 bits per heavy atom. The number of nitrogen functional groups attached to an aromatic ring is 1. The maximum absolute atomic E-state index is 12.9. The number of nitrogens with one attached hydrogen (secondary N) is 1. The summed E-state index contributed by atoms with van der Waals surface area (Å²) in [7, 11) is 1.63. The number of aromatic nitrogens is 2. The first kappa shape index (κ1) is 19.0. The number of carbonyl (C=O) groups is 1. The third kappa shape index (κ3) is 3.42. The van der Waals surface area contributed by atoms with Crippen molar-refractivity contribution in [3.63, 3.8) is 0 Å². The molecule has 3 aromatic heterocycles. The maximum atomic E-state index is 12.9. The van der Waals surface area contributed by atoms with E-state index < -0.39 is 0 Å². The predicted octanol–water partition coefficient (Wildman–Crippen LogP) is 5.14. The summed E-state index contributed by atoms with van der Waals surface area (Å²) < 4.78 is 5.19.